The zero-order valence-corrected chi connectivity index (χ0v) is 15.6. The number of nitrogens with two attached hydrogens (primary N) is 1. The Labute approximate surface area is 158 Å². The Morgan fingerprint density at radius 1 is 1.04 bits per heavy atom. The van der Waals surface area contributed by atoms with Crippen LogP contribution >= 0.6 is 0 Å². The summed E-state index contributed by atoms with van der Waals surface area (Å²) >= 11 is 0. The third-order valence-electron chi connectivity index (χ3n) is 4.77. The molecule has 0 radical (unpaired) electrons. The topological polar surface area (TPSA) is 91.9 Å². The molecule has 0 spiro atoms. The SMILES string of the molecule is NC1=NC=C(c2ccc(S(=O)(=O)N3CCCC3)cc2)N(c2cccnc2)C1. The van der Waals surface area contributed by atoms with Gasteiger partial charge in [-0.3, -0.25) is 4.98 Å². The molecule has 0 bridgehead atoms. The Morgan fingerprint density at radius 2 is 1.78 bits per heavy atom. The highest BCUT2D eigenvalue weighted by atomic mass is 32.2. The van der Waals surface area contributed by atoms with Gasteiger partial charge in [-0.1, -0.05) is 12.1 Å². The van der Waals surface area contributed by atoms with Crippen LogP contribution in [0.15, 0.2) is 64.9 Å². The van der Waals surface area contributed by atoms with Gasteiger partial charge in [0.2, 0.25) is 10.0 Å². The fourth-order valence-corrected chi connectivity index (χ4v) is 4.87. The number of aliphatic imine (C=N–C) groups is 1. The van der Waals surface area contributed by atoms with Crippen molar-refractivity contribution >= 4 is 27.2 Å². The van der Waals surface area contributed by atoms with Gasteiger partial charge < -0.3 is 10.6 Å². The minimum absolute atomic E-state index is 0.320. The molecule has 3 heterocycles. The molecule has 0 unspecified atom stereocenters. The van der Waals surface area contributed by atoms with E-state index < -0.39 is 10.0 Å². The van der Waals surface area contributed by atoms with Gasteiger partial charge in [0.1, 0.15) is 5.84 Å². The number of nitrogens with zero attached hydrogens (tertiary/aromatic N) is 4. The van der Waals surface area contributed by atoms with Gasteiger partial charge in [-0.15, -0.1) is 0 Å². The van der Waals surface area contributed by atoms with Crippen molar-refractivity contribution in [2.75, 3.05) is 24.5 Å². The number of hydrogen-bond acceptors (Lipinski definition) is 6. The third-order valence-corrected chi connectivity index (χ3v) is 6.69. The summed E-state index contributed by atoms with van der Waals surface area (Å²) in [4.78, 5) is 10.7. The van der Waals surface area contributed by atoms with E-state index in [4.69, 9.17) is 5.73 Å². The van der Waals surface area contributed by atoms with Crippen LogP contribution in [0.1, 0.15) is 18.4 Å². The average Bonchev–Trinajstić information content (AvgIpc) is 3.24. The lowest BCUT2D eigenvalue weighted by atomic mass is 10.1. The molecule has 0 amide bonds. The maximum Gasteiger partial charge on any atom is 0.243 e. The molecule has 2 N–H and O–H groups in total. The van der Waals surface area contributed by atoms with Crippen molar-refractivity contribution in [1.29, 1.82) is 0 Å². The summed E-state index contributed by atoms with van der Waals surface area (Å²) in [6.45, 7) is 1.64. The van der Waals surface area contributed by atoms with Gasteiger partial charge in [0.05, 0.1) is 35.2 Å². The number of amidine groups is 1. The second-order valence-electron chi connectivity index (χ2n) is 6.57. The lowest BCUT2D eigenvalue weighted by Crippen LogP contribution is -2.35. The molecular weight excluding hydrogens is 362 g/mol. The van der Waals surface area contributed by atoms with E-state index in [9.17, 15) is 8.42 Å². The molecule has 140 valence electrons. The number of pyridine rings is 1. The van der Waals surface area contributed by atoms with Crippen LogP contribution in [0.2, 0.25) is 0 Å². The summed E-state index contributed by atoms with van der Waals surface area (Å²) in [5.74, 6) is 0.510. The number of benzene rings is 1. The highest BCUT2D eigenvalue weighted by molar-refractivity contribution is 7.89. The Balaban J connectivity index is 1.66. The monoisotopic (exact) mass is 383 g/mol. The van der Waals surface area contributed by atoms with E-state index in [1.165, 1.54) is 0 Å². The lowest BCUT2D eigenvalue weighted by molar-refractivity contribution is 0.477. The van der Waals surface area contributed by atoms with Gasteiger partial charge in [0, 0.05) is 19.3 Å². The Hall–Kier alpha value is -2.71. The van der Waals surface area contributed by atoms with E-state index in [2.05, 4.69) is 9.98 Å². The minimum atomic E-state index is -3.42. The first-order chi connectivity index (χ1) is 13.1. The maximum absolute atomic E-state index is 12.7. The van der Waals surface area contributed by atoms with E-state index in [1.807, 2.05) is 29.2 Å². The molecule has 2 aliphatic rings. The largest absolute Gasteiger partial charge is 0.386 e. The number of rotatable bonds is 4. The van der Waals surface area contributed by atoms with Crippen molar-refractivity contribution in [3.8, 4) is 0 Å². The Kier molecular flexibility index (Phi) is 4.67. The van der Waals surface area contributed by atoms with E-state index in [1.54, 1.807) is 35.0 Å². The normalized spacial score (nSPS) is 18.3. The van der Waals surface area contributed by atoms with Crippen molar-refractivity contribution in [3.05, 3.63) is 60.6 Å². The van der Waals surface area contributed by atoms with Crippen molar-refractivity contribution in [1.82, 2.24) is 9.29 Å². The van der Waals surface area contributed by atoms with Gasteiger partial charge in [0.15, 0.2) is 0 Å². The maximum atomic E-state index is 12.7. The molecular formula is C19H21N5O2S. The molecule has 1 saturated heterocycles. The predicted octanol–water partition coefficient (Wildman–Crippen LogP) is 2.04. The van der Waals surface area contributed by atoms with Crippen LogP contribution in [0.4, 0.5) is 5.69 Å². The summed E-state index contributed by atoms with van der Waals surface area (Å²) in [5, 5.41) is 0. The Bertz CT molecular complexity index is 979. The van der Waals surface area contributed by atoms with Crippen molar-refractivity contribution in [3.63, 3.8) is 0 Å². The molecule has 4 rings (SSSR count). The smallest absolute Gasteiger partial charge is 0.243 e. The summed E-state index contributed by atoms with van der Waals surface area (Å²) in [6.07, 6.45) is 7.02. The molecule has 2 aliphatic heterocycles. The number of sulfonamides is 1. The molecule has 7 nitrogen and oxygen atoms in total. The molecule has 0 saturated carbocycles. The van der Waals surface area contributed by atoms with Gasteiger partial charge in [-0.2, -0.15) is 4.31 Å². The summed E-state index contributed by atoms with van der Waals surface area (Å²) in [5.41, 5.74) is 8.53. The highest BCUT2D eigenvalue weighted by Crippen LogP contribution is 2.29. The first-order valence-corrected chi connectivity index (χ1v) is 10.3. The molecule has 8 heteroatoms. The van der Waals surface area contributed by atoms with Gasteiger partial charge in [0.25, 0.3) is 0 Å². The summed E-state index contributed by atoms with van der Waals surface area (Å²) in [7, 11) is -3.42. The summed E-state index contributed by atoms with van der Waals surface area (Å²) < 4.78 is 27.0. The van der Waals surface area contributed by atoms with Gasteiger partial charge in [-0.05, 0) is 42.7 Å². The van der Waals surface area contributed by atoms with Crippen LogP contribution in [0, 0.1) is 0 Å². The second kappa shape index (κ2) is 7.13. The van der Waals surface area contributed by atoms with Crippen molar-refractivity contribution in [2.24, 2.45) is 10.7 Å². The average molecular weight is 383 g/mol. The standard InChI is InChI=1S/C19H21N5O2S/c20-19-14-24(16-4-3-9-21-12-16)18(13-22-19)15-5-7-17(8-6-15)27(25,26)23-10-1-2-11-23/h3-9,12-13H,1-2,10-11,14H2,(H2,20,22). The van der Waals surface area contributed by atoms with Crippen LogP contribution < -0.4 is 10.6 Å². The fraction of sp³-hybridized carbons (Fsp3) is 0.263. The molecule has 1 aromatic carbocycles. The van der Waals surface area contributed by atoms with Gasteiger partial charge >= 0.3 is 0 Å². The van der Waals surface area contributed by atoms with Crippen LogP contribution in [0.3, 0.4) is 0 Å². The minimum Gasteiger partial charge on any atom is -0.386 e. The first-order valence-electron chi connectivity index (χ1n) is 8.86. The summed E-state index contributed by atoms with van der Waals surface area (Å²) in [6, 6.07) is 10.8. The third kappa shape index (κ3) is 3.45. The zero-order chi connectivity index (χ0) is 18.9. The van der Waals surface area contributed by atoms with Crippen molar-refractivity contribution < 1.29 is 8.42 Å². The van der Waals surface area contributed by atoms with Crippen LogP contribution in [-0.4, -0.2) is 43.2 Å². The predicted molar refractivity (Wildman–Crippen MR) is 106 cm³/mol. The van der Waals surface area contributed by atoms with E-state index in [-0.39, 0.29) is 0 Å². The quantitative estimate of drug-likeness (QED) is 0.872. The molecule has 2 aromatic rings. The highest BCUT2D eigenvalue weighted by Gasteiger charge is 2.27. The number of aromatic nitrogens is 1. The number of anilines is 1. The lowest BCUT2D eigenvalue weighted by Gasteiger charge is -2.29. The van der Waals surface area contributed by atoms with E-state index in [0.717, 1.165) is 29.8 Å². The second-order valence-corrected chi connectivity index (χ2v) is 8.51. The Morgan fingerprint density at radius 3 is 2.44 bits per heavy atom. The van der Waals surface area contributed by atoms with Crippen LogP contribution in [0.25, 0.3) is 5.70 Å². The molecule has 0 atom stereocenters. The zero-order valence-electron chi connectivity index (χ0n) is 14.8. The molecule has 1 aromatic heterocycles. The van der Waals surface area contributed by atoms with Crippen molar-refractivity contribution in [2.45, 2.75) is 17.7 Å². The van der Waals surface area contributed by atoms with Crippen LogP contribution in [-0.2, 0) is 10.0 Å². The van der Waals surface area contributed by atoms with E-state index in [0.29, 0.717) is 30.4 Å². The van der Waals surface area contributed by atoms with Gasteiger partial charge in [-0.25, -0.2) is 13.4 Å². The van der Waals surface area contributed by atoms with Crippen LogP contribution in [0.5, 0.6) is 0 Å². The first kappa shape index (κ1) is 17.7. The number of hydrogen-bond donors (Lipinski definition) is 1. The molecule has 1 fully saturated rings. The fourth-order valence-electron chi connectivity index (χ4n) is 3.35. The molecule has 27 heavy (non-hydrogen) atoms. The molecule has 0 aliphatic carbocycles. The van der Waals surface area contributed by atoms with E-state index >= 15 is 0 Å².